The molecular weight excluding hydrogens is 434 g/mol. The molecule has 1 aliphatic heterocycles. The van der Waals surface area contributed by atoms with E-state index in [0.29, 0.717) is 5.69 Å². The molecule has 1 aliphatic rings. The maximum Gasteiger partial charge on any atom is 0.257 e. The molecular formula is C19H19F4N7O2. The lowest BCUT2D eigenvalue weighted by Gasteiger charge is -2.34. The molecule has 170 valence electrons. The Morgan fingerprint density at radius 3 is 3.00 bits per heavy atom. The van der Waals surface area contributed by atoms with Crippen molar-refractivity contribution in [2.75, 3.05) is 18.4 Å². The lowest BCUT2D eigenvalue weighted by atomic mass is 10.1. The summed E-state index contributed by atoms with van der Waals surface area (Å²) in [7, 11) is 0. The van der Waals surface area contributed by atoms with E-state index >= 15 is 0 Å². The monoisotopic (exact) mass is 453 g/mol. The van der Waals surface area contributed by atoms with Crippen LogP contribution in [-0.4, -0.2) is 67.3 Å². The predicted molar refractivity (Wildman–Crippen MR) is 106 cm³/mol. The molecule has 4 rings (SSSR count). The van der Waals surface area contributed by atoms with Gasteiger partial charge in [0.25, 0.3) is 6.43 Å². The normalized spacial score (nSPS) is 18.8. The third kappa shape index (κ3) is 4.50. The third-order valence-corrected chi connectivity index (χ3v) is 4.89. The van der Waals surface area contributed by atoms with Crippen molar-refractivity contribution in [2.45, 2.75) is 31.7 Å². The van der Waals surface area contributed by atoms with E-state index in [1.807, 2.05) is 0 Å². The first-order valence-corrected chi connectivity index (χ1v) is 9.68. The number of halogens is 4. The highest BCUT2D eigenvalue weighted by molar-refractivity contribution is 5.87. The summed E-state index contributed by atoms with van der Waals surface area (Å²) in [4.78, 5) is 24.2. The number of hydrogen-bond donors (Lipinski definition) is 2. The van der Waals surface area contributed by atoms with Gasteiger partial charge in [-0.2, -0.15) is 15.1 Å². The summed E-state index contributed by atoms with van der Waals surface area (Å²) in [5, 5.41) is 6.50. The summed E-state index contributed by atoms with van der Waals surface area (Å²) in [6.45, 7) is 2.98. The van der Waals surface area contributed by atoms with E-state index in [1.165, 1.54) is 17.3 Å². The van der Waals surface area contributed by atoms with Gasteiger partial charge in [-0.05, 0) is 12.5 Å². The minimum atomic E-state index is -2.58. The number of anilines is 2. The van der Waals surface area contributed by atoms with Gasteiger partial charge in [0.1, 0.15) is 29.9 Å². The minimum Gasteiger partial charge on any atom is -0.469 e. The molecule has 4 heterocycles. The van der Waals surface area contributed by atoms with Crippen LogP contribution in [0.4, 0.5) is 29.2 Å². The Hall–Kier alpha value is -3.64. The van der Waals surface area contributed by atoms with Crippen LogP contribution in [0.25, 0.3) is 11.0 Å². The number of nitrogens with one attached hydrogen (secondary N) is 2. The Morgan fingerprint density at radius 2 is 2.25 bits per heavy atom. The maximum atomic E-state index is 14.5. The van der Waals surface area contributed by atoms with E-state index in [4.69, 9.17) is 4.74 Å². The fraction of sp³-hybridized carbons (Fsp3) is 0.368. The van der Waals surface area contributed by atoms with Gasteiger partial charge >= 0.3 is 0 Å². The molecule has 0 saturated carbocycles. The number of aromatic nitrogens is 5. The highest BCUT2D eigenvalue weighted by atomic mass is 19.3. The topological polar surface area (TPSA) is 101 Å². The Labute approximate surface area is 179 Å². The number of alkyl halides is 3. The van der Waals surface area contributed by atoms with Crippen molar-refractivity contribution >= 4 is 28.6 Å². The molecule has 1 amide bonds. The van der Waals surface area contributed by atoms with E-state index in [0.717, 1.165) is 17.0 Å². The number of likely N-dealkylation sites (tertiary alicyclic amines) is 1. The number of rotatable bonds is 7. The van der Waals surface area contributed by atoms with E-state index in [2.05, 4.69) is 31.9 Å². The molecule has 1 saturated heterocycles. The van der Waals surface area contributed by atoms with Crippen LogP contribution in [0.2, 0.25) is 0 Å². The third-order valence-electron chi connectivity index (χ3n) is 4.89. The van der Waals surface area contributed by atoms with Crippen molar-refractivity contribution in [3.63, 3.8) is 0 Å². The summed E-state index contributed by atoms with van der Waals surface area (Å²) in [5.41, 5.74) is 0.395. The van der Waals surface area contributed by atoms with Gasteiger partial charge in [-0.3, -0.25) is 9.48 Å². The smallest absolute Gasteiger partial charge is 0.257 e. The Morgan fingerprint density at radius 1 is 1.44 bits per heavy atom. The summed E-state index contributed by atoms with van der Waals surface area (Å²) < 4.78 is 60.6. The molecule has 0 unspecified atom stereocenters. The fourth-order valence-corrected chi connectivity index (χ4v) is 3.38. The molecule has 0 aliphatic carbocycles. The zero-order valence-corrected chi connectivity index (χ0v) is 16.6. The van der Waals surface area contributed by atoms with Crippen molar-refractivity contribution < 1.29 is 27.1 Å². The second kappa shape index (κ2) is 8.85. The van der Waals surface area contributed by atoms with Gasteiger partial charge in [0.15, 0.2) is 5.82 Å². The van der Waals surface area contributed by atoms with Crippen molar-refractivity contribution in [1.29, 1.82) is 0 Å². The summed E-state index contributed by atoms with van der Waals surface area (Å²) in [5.74, 6) is -1.33. The second-order valence-electron chi connectivity index (χ2n) is 7.13. The number of piperidine rings is 1. The lowest BCUT2D eigenvalue weighted by molar-refractivity contribution is -0.130. The van der Waals surface area contributed by atoms with E-state index in [-0.39, 0.29) is 48.3 Å². The molecule has 3 aromatic heterocycles. The average Bonchev–Trinajstić information content (AvgIpc) is 3.34. The van der Waals surface area contributed by atoms with E-state index in [1.54, 1.807) is 0 Å². The zero-order valence-electron chi connectivity index (χ0n) is 16.6. The summed E-state index contributed by atoms with van der Waals surface area (Å²) >= 11 is 0. The number of carbonyl (C=O) groups excluding carboxylic acids is 1. The van der Waals surface area contributed by atoms with Crippen LogP contribution >= 0.6 is 0 Å². The number of nitrogens with zero attached hydrogens (tertiary/aromatic N) is 5. The molecule has 0 spiro atoms. The highest BCUT2D eigenvalue weighted by Gasteiger charge is 2.33. The molecule has 1 fully saturated rings. The SMILES string of the molecule is C=CC(=O)N1CC[C@@H](F)[C@@H](Oc2nc(Nc3cnn(CC(F)F)c3)nc3[nH]cc(F)c23)C1. The number of carbonyl (C=O) groups is 1. The first-order chi connectivity index (χ1) is 15.3. The van der Waals surface area contributed by atoms with Crippen LogP contribution in [0.15, 0.2) is 31.2 Å². The number of amides is 1. The van der Waals surface area contributed by atoms with Crippen LogP contribution in [0, 0.1) is 5.82 Å². The number of hydrogen-bond acceptors (Lipinski definition) is 6. The number of H-pyrrole nitrogens is 1. The van der Waals surface area contributed by atoms with Gasteiger partial charge in [0, 0.05) is 18.9 Å². The van der Waals surface area contributed by atoms with Crippen LogP contribution < -0.4 is 10.1 Å². The van der Waals surface area contributed by atoms with Crippen molar-refractivity contribution in [1.82, 2.24) is 29.6 Å². The quantitative estimate of drug-likeness (QED) is 0.422. The second-order valence-corrected chi connectivity index (χ2v) is 7.13. The Balaban J connectivity index is 1.60. The average molecular weight is 453 g/mol. The lowest BCUT2D eigenvalue weighted by Crippen LogP contribution is -2.49. The molecule has 2 N–H and O–H groups in total. The Bertz CT molecular complexity index is 1130. The molecule has 0 aromatic carbocycles. The molecule has 13 heteroatoms. The summed E-state index contributed by atoms with van der Waals surface area (Å²) in [6, 6.07) is 0. The predicted octanol–water partition coefficient (Wildman–Crippen LogP) is 2.81. The standard InChI is InChI=1S/C19H19F4N7O2/c1-2-15(31)29-4-3-11(20)13(8-29)32-18-16-12(21)6-24-17(16)27-19(28-18)26-10-5-25-30(7-10)9-14(22)23/h2,5-7,11,13-14H,1,3-4,8-9H2,(H2,24,26,27,28)/t11-,13+/m1/s1. The minimum absolute atomic E-state index is 0.0442. The van der Waals surface area contributed by atoms with Crippen LogP contribution in [0.5, 0.6) is 5.88 Å². The molecule has 0 radical (unpaired) electrons. The van der Waals surface area contributed by atoms with E-state index in [9.17, 15) is 22.4 Å². The molecule has 9 nitrogen and oxygen atoms in total. The summed E-state index contributed by atoms with van der Waals surface area (Å²) in [6.07, 6.45) is -0.215. The first kappa shape index (κ1) is 21.6. The van der Waals surface area contributed by atoms with Crippen LogP contribution in [-0.2, 0) is 11.3 Å². The molecule has 32 heavy (non-hydrogen) atoms. The molecule has 0 bridgehead atoms. The first-order valence-electron chi connectivity index (χ1n) is 9.68. The van der Waals surface area contributed by atoms with Crippen LogP contribution in [0.1, 0.15) is 6.42 Å². The van der Waals surface area contributed by atoms with Crippen molar-refractivity contribution in [3.05, 3.63) is 37.1 Å². The van der Waals surface area contributed by atoms with Crippen molar-refractivity contribution in [3.8, 4) is 5.88 Å². The zero-order chi connectivity index (χ0) is 22.8. The van der Waals surface area contributed by atoms with Gasteiger partial charge in [0.2, 0.25) is 17.7 Å². The van der Waals surface area contributed by atoms with Crippen LogP contribution in [0.3, 0.4) is 0 Å². The van der Waals surface area contributed by atoms with Crippen molar-refractivity contribution in [2.24, 2.45) is 0 Å². The highest BCUT2D eigenvalue weighted by Crippen LogP contribution is 2.30. The van der Waals surface area contributed by atoms with Gasteiger partial charge < -0.3 is 19.9 Å². The van der Waals surface area contributed by atoms with Gasteiger partial charge in [-0.15, -0.1) is 0 Å². The molecule has 3 aromatic rings. The maximum absolute atomic E-state index is 14.5. The number of fused-ring (bicyclic) bond motifs is 1. The number of ether oxygens (including phenoxy) is 1. The molecule has 2 atom stereocenters. The largest absolute Gasteiger partial charge is 0.469 e. The Kier molecular flexibility index (Phi) is 5.97. The van der Waals surface area contributed by atoms with Gasteiger partial charge in [-0.1, -0.05) is 6.58 Å². The van der Waals surface area contributed by atoms with Gasteiger partial charge in [-0.25, -0.2) is 17.6 Å². The van der Waals surface area contributed by atoms with E-state index < -0.39 is 31.1 Å². The number of aromatic amines is 1. The van der Waals surface area contributed by atoms with Gasteiger partial charge in [0.05, 0.1) is 18.4 Å². The fourth-order valence-electron chi connectivity index (χ4n) is 3.38.